The minimum Gasteiger partial charge on any atom is -0.481 e. The van der Waals surface area contributed by atoms with Gasteiger partial charge in [-0.25, -0.2) is 4.79 Å². The lowest BCUT2D eigenvalue weighted by atomic mass is 9.96. The quantitative estimate of drug-likeness (QED) is 0.280. The van der Waals surface area contributed by atoms with E-state index < -0.39 is 36.4 Å². The zero-order valence-electron chi connectivity index (χ0n) is 21.2. The van der Waals surface area contributed by atoms with Crippen LogP contribution in [0.3, 0.4) is 0 Å². The van der Waals surface area contributed by atoms with Crippen LogP contribution in [0, 0.1) is 19.3 Å². The number of aliphatic carboxylic acids is 3. The van der Waals surface area contributed by atoms with E-state index in [0.29, 0.717) is 0 Å². The van der Waals surface area contributed by atoms with E-state index in [0.717, 1.165) is 61.9 Å². The molecule has 3 rings (SSSR count). The molecule has 0 spiro atoms. The first-order chi connectivity index (χ1) is 18.0. The second-order valence-corrected chi connectivity index (χ2v) is 8.90. The van der Waals surface area contributed by atoms with E-state index >= 15 is 0 Å². The van der Waals surface area contributed by atoms with Crippen molar-refractivity contribution < 1.29 is 48.7 Å². The molecule has 11 nitrogen and oxygen atoms in total. The third-order valence-electron chi connectivity index (χ3n) is 5.62. The maximum atomic E-state index is 10.3. The number of carboxylic acids is 3. The topological polar surface area (TPSA) is 167 Å². The summed E-state index contributed by atoms with van der Waals surface area (Å²) in [7, 11) is 0. The van der Waals surface area contributed by atoms with Crippen molar-refractivity contribution in [2.45, 2.75) is 57.4 Å². The average Bonchev–Trinajstić information content (AvgIpc) is 3.49. The highest BCUT2D eigenvalue weighted by atomic mass is 16.5. The van der Waals surface area contributed by atoms with Crippen LogP contribution < -0.4 is 4.74 Å². The summed E-state index contributed by atoms with van der Waals surface area (Å²) >= 11 is 0. The predicted octanol–water partition coefficient (Wildman–Crippen LogP) is 2.53. The summed E-state index contributed by atoms with van der Waals surface area (Å²) < 4.78 is 17.3. The highest BCUT2D eigenvalue weighted by Gasteiger charge is 2.40. The van der Waals surface area contributed by atoms with Gasteiger partial charge in [0.1, 0.15) is 23.9 Å². The van der Waals surface area contributed by atoms with E-state index in [4.69, 9.17) is 40.7 Å². The number of nitrogens with zero attached hydrogens (tertiary/aromatic N) is 1. The number of benzene rings is 1. The summed E-state index contributed by atoms with van der Waals surface area (Å²) in [6.45, 7) is 5.50. The number of para-hydroxylation sites is 1. The average molecular weight is 532 g/mol. The van der Waals surface area contributed by atoms with Crippen molar-refractivity contribution >= 4 is 17.9 Å². The minimum atomic E-state index is -2.74. The first-order valence-electron chi connectivity index (χ1n) is 11.9. The summed E-state index contributed by atoms with van der Waals surface area (Å²) in [5.74, 6) is 0.254. The maximum absolute atomic E-state index is 10.3. The normalized spacial score (nSPS) is 14.8. The number of ether oxygens (including phenoxy) is 2. The van der Waals surface area contributed by atoms with Crippen LogP contribution in [0.5, 0.6) is 5.75 Å². The van der Waals surface area contributed by atoms with Gasteiger partial charge in [0.2, 0.25) is 0 Å². The van der Waals surface area contributed by atoms with Gasteiger partial charge in [-0.15, -0.1) is 6.42 Å². The van der Waals surface area contributed by atoms with Crippen molar-refractivity contribution in [3.05, 3.63) is 53.5 Å². The van der Waals surface area contributed by atoms with Crippen molar-refractivity contribution in [1.29, 1.82) is 0 Å². The van der Waals surface area contributed by atoms with Crippen molar-refractivity contribution in [1.82, 2.24) is 4.90 Å². The lowest BCUT2D eigenvalue weighted by Gasteiger charge is -2.25. The van der Waals surface area contributed by atoms with Gasteiger partial charge in [-0.1, -0.05) is 24.1 Å². The Balaban J connectivity index is 0.000000332. The van der Waals surface area contributed by atoms with Crippen molar-refractivity contribution in [3.8, 4) is 18.1 Å². The van der Waals surface area contributed by atoms with Gasteiger partial charge in [0.15, 0.2) is 5.60 Å². The minimum absolute atomic E-state index is 0.278. The van der Waals surface area contributed by atoms with Crippen LogP contribution in [0.1, 0.15) is 42.8 Å². The molecule has 2 aromatic rings. The van der Waals surface area contributed by atoms with Gasteiger partial charge >= 0.3 is 17.9 Å². The van der Waals surface area contributed by atoms with Crippen molar-refractivity contribution in [2.75, 3.05) is 19.8 Å². The Hall–Kier alpha value is -3.85. The SMILES string of the molecule is C#CCOc1ccccc1CN(Cc1ccc(C)o1)CC1CCCO1.O=C(O)CC(O)(CC(=O)O)C(=O)O. The van der Waals surface area contributed by atoms with Gasteiger partial charge in [0, 0.05) is 25.3 Å². The molecule has 0 radical (unpaired) electrons. The standard InChI is InChI=1S/C21H25NO3.C6H8O7/c1-3-12-24-21-9-5-4-7-18(21)14-22(15-19-8-6-13-23-19)16-20-11-10-17(2)25-20;7-3(8)1-6(13,5(11)12)2-4(9)10/h1,4-5,7,9-11,19H,6,8,12-16H2,2H3;13H,1-2H2,(H,7,8)(H,9,10)(H,11,12). The Morgan fingerprint density at radius 2 is 1.79 bits per heavy atom. The Morgan fingerprint density at radius 3 is 2.32 bits per heavy atom. The van der Waals surface area contributed by atoms with Crippen LogP contribution in [-0.2, 0) is 32.2 Å². The second kappa shape index (κ2) is 14.8. The summed E-state index contributed by atoms with van der Waals surface area (Å²) in [5.41, 5.74) is -1.61. The molecule has 4 N–H and O–H groups in total. The van der Waals surface area contributed by atoms with E-state index in [1.54, 1.807) is 0 Å². The van der Waals surface area contributed by atoms with Crippen LogP contribution in [0.15, 0.2) is 40.8 Å². The fraction of sp³-hybridized carbons (Fsp3) is 0.444. The van der Waals surface area contributed by atoms with Crippen molar-refractivity contribution in [3.63, 3.8) is 0 Å². The highest BCUT2D eigenvalue weighted by Crippen LogP contribution is 2.23. The first-order valence-corrected chi connectivity index (χ1v) is 11.9. The van der Waals surface area contributed by atoms with Gasteiger partial charge in [-0.2, -0.15) is 0 Å². The molecule has 0 amide bonds. The largest absolute Gasteiger partial charge is 0.481 e. The molecule has 0 saturated carbocycles. The summed E-state index contributed by atoms with van der Waals surface area (Å²) in [6.07, 6.45) is 5.58. The molecule has 1 aliphatic heterocycles. The smallest absolute Gasteiger partial charge is 0.336 e. The number of carbonyl (C=O) groups is 3. The molecular weight excluding hydrogens is 498 g/mol. The maximum Gasteiger partial charge on any atom is 0.336 e. The molecule has 1 saturated heterocycles. The fourth-order valence-electron chi connectivity index (χ4n) is 3.90. The lowest BCUT2D eigenvalue weighted by molar-refractivity contribution is -0.170. The van der Waals surface area contributed by atoms with E-state index in [9.17, 15) is 14.4 Å². The van der Waals surface area contributed by atoms with Crippen LogP contribution in [0.4, 0.5) is 0 Å². The predicted molar refractivity (Wildman–Crippen MR) is 134 cm³/mol. The van der Waals surface area contributed by atoms with E-state index in [1.807, 2.05) is 37.3 Å². The van der Waals surface area contributed by atoms with Gasteiger partial charge < -0.3 is 34.3 Å². The Labute approximate surface area is 220 Å². The van der Waals surface area contributed by atoms with Crippen LogP contribution in [0.25, 0.3) is 0 Å². The Bertz CT molecular complexity index is 1100. The van der Waals surface area contributed by atoms with Crippen molar-refractivity contribution in [2.24, 2.45) is 0 Å². The summed E-state index contributed by atoms with van der Waals surface area (Å²) in [6, 6.07) is 12.1. The molecule has 1 atom stereocenters. The lowest BCUT2D eigenvalue weighted by Crippen LogP contribution is -2.42. The molecule has 1 unspecified atom stereocenters. The number of carboxylic acid groups (broad SMARTS) is 3. The zero-order valence-corrected chi connectivity index (χ0v) is 21.2. The molecule has 11 heteroatoms. The summed E-state index contributed by atoms with van der Waals surface area (Å²) in [4.78, 5) is 32.8. The molecule has 0 bridgehead atoms. The third kappa shape index (κ3) is 10.3. The number of hydrogen-bond acceptors (Lipinski definition) is 8. The van der Waals surface area contributed by atoms with Gasteiger partial charge in [0.25, 0.3) is 0 Å². The molecule has 1 fully saturated rings. The van der Waals surface area contributed by atoms with Crippen LogP contribution in [-0.4, -0.2) is 74.7 Å². The molecule has 1 aliphatic rings. The number of furan rings is 1. The monoisotopic (exact) mass is 531 g/mol. The van der Waals surface area contributed by atoms with Crippen LogP contribution >= 0.6 is 0 Å². The van der Waals surface area contributed by atoms with E-state index in [2.05, 4.69) is 16.9 Å². The highest BCUT2D eigenvalue weighted by molar-refractivity contribution is 5.88. The Morgan fingerprint density at radius 1 is 1.11 bits per heavy atom. The van der Waals surface area contributed by atoms with Gasteiger partial charge in [-0.05, 0) is 38.0 Å². The fourth-order valence-corrected chi connectivity index (χ4v) is 3.90. The van der Waals surface area contributed by atoms with E-state index in [1.165, 1.54) is 0 Å². The second-order valence-electron chi connectivity index (χ2n) is 8.90. The molecular formula is C27H33NO10. The van der Waals surface area contributed by atoms with Crippen LogP contribution in [0.2, 0.25) is 0 Å². The molecule has 206 valence electrons. The zero-order chi connectivity index (χ0) is 28.1. The third-order valence-corrected chi connectivity index (χ3v) is 5.62. The number of terminal acetylenes is 1. The number of aliphatic hydroxyl groups is 1. The molecule has 1 aromatic carbocycles. The molecule has 38 heavy (non-hydrogen) atoms. The van der Waals surface area contributed by atoms with E-state index in [-0.39, 0.29) is 12.7 Å². The Kier molecular flexibility index (Phi) is 11.8. The first kappa shape index (κ1) is 30.4. The molecule has 2 heterocycles. The van der Waals surface area contributed by atoms with Gasteiger partial charge in [-0.3, -0.25) is 14.5 Å². The number of hydrogen-bond donors (Lipinski definition) is 4. The number of rotatable bonds is 13. The number of aryl methyl sites for hydroxylation is 1. The molecule has 1 aromatic heterocycles. The molecule has 0 aliphatic carbocycles. The summed E-state index contributed by atoms with van der Waals surface area (Å²) in [5, 5.41) is 33.8. The van der Waals surface area contributed by atoms with Gasteiger partial charge in [0.05, 0.1) is 25.5 Å².